The van der Waals surface area contributed by atoms with Crippen molar-refractivity contribution in [3.05, 3.63) is 65.2 Å². The molecule has 0 heterocycles. The van der Waals surface area contributed by atoms with Crippen molar-refractivity contribution in [3.63, 3.8) is 0 Å². The molecule has 27 heavy (non-hydrogen) atoms. The number of aryl methyl sites for hydroxylation is 1. The van der Waals surface area contributed by atoms with E-state index in [2.05, 4.69) is 5.32 Å². The van der Waals surface area contributed by atoms with Crippen LogP contribution in [0.2, 0.25) is 0 Å². The molecule has 1 amide bonds. The smallest absolute Gasteiger partial charge is 0.251 e. The van der Waals surface area contributed by atoms with E-state index >= 15 is 0 Å². The van der Waals surface area contributed by atoms with Crippen LogP contribution in [-0.2, 0) is 10.0 Å². The Morgan fingerprint density at radius 2 is 1.70 bits per heavy atom. The lowest BCUT2D eigenvalue weighted by atomic mass is 10.0. The molecule has 2 aromatic rings. The molecule has 1 atom stereocenters. The number of benzene rings is 2. The number of nitrogens with zero attached hydrogens (tertiary/aromatic N) is 1. The van der Waals surface area contributed by atoms with Crippen molar-refractivity contribution in [3.8, 4) is 0 Å². The normalized spacial score (nSPS) is 12.8. The van der Waals surface area contributed by atoms with E-state index in [1.165, 1.54) is 10.4 Å². The van der Waals surface area contributed by atoms with Gasteiger partial charge in [0.2, 0.25) is 10.0 Å². The van der Waals surface area contributed by atoms with Crippen LogP contribution in [0.3, 0.4) is 0 Å². The molecule has 0 fully saturated rings. The number of carbonyl (C=O) groups excluding carboxylic acids is 1. The first-order valence-corrected chi connectivity index (χ1v) is 10.7. The first-order chi connectivity index (χ1) is 12.8. The molecule has 0 bridgehead atoms. The number of nitrogens with one attached hydrogen (secondary N) is 1. The monoisotopic (exact) mass is 388 g/mol. The maximum absolute atomic E-state index is 12.7. The van der Waals surface area contributed by atoms with E-state index in [1.807, 2.05) is 44.2 Å². The summed E-state index contributed by atoms with van der Waals surface area (Å²) in [4.78, 5) is 12.8. The van der Waals surface area contributed by atoms with E-state index < -0.39 is 10.0 Å². The maximum Gasteiger partial charge on any atom is 0.251 e. The van der Waals surface area contributed by atoms with Crippen molar-refractivity contribution in [1.82, 2.24) is 9.62 Å². The number of hydrogen-bond acceptors (Lipinski definition) is 3. The lowest BCUT2D eigenvalue weighted by Crippen LogP contribution is -2.31. The van der Waals surface area contributed by atoms with Crippen LogP contribution in [0.4, 0.5) is 0 Å². The molecule has 0 radical (unpaired) electrons. The van der Waals surface area contributed by atoms with Crippen molar-refractivity contribution >= 4 is 15.9 Å². The molecule has 0 aromatic heterocycles. The molecule has 0 unspecified atom stereocenters. The van der Waals surface area contributed by atoms with E-state index in [1.54, 1.807) is 26.0 Å². The highest BCUT2D eigenvalue weighted by Gasteiger charge is 2.23. The number of hydrogen-bond donors (Lipinski definition) is 1. The maximum atomic E-state index is 12.7. The van der Waals surface area contributed by atoms with Crippen LogP contribution in [0.5, 0.6) is 0 Å². The Hall–Kier alpha value is -2.18. The average Bonchev–Trinajstić information content (AvgIpc) is 2.67. The third-order valence-corrected chi connectivity index (χ3v) is 6.78. The van der Waals surface area contributed by atoms with E-state index in [-0.39, 0.29) is 16.7 Å². The van der Waals surface area contributed by atoms with Crippen molar-refractivity contribution in [2.75, 3.05) is 19.6 Å². The summed E-state index contributed by atoms with van der Waals surface area (Å²) in [6, 6.07) is 14.7. The van der Waals surface area contributed by atoms with Gasteiger partial charge in [-0.1, -0.05) is 57.2 Å². The molecule has 0 aliphatic rings. The summed E-state index contributed by atoms with van der Waals surface area (Å²) < 4.78 is 26.8. The van der Waals surface area contributed by atoms with E-state index in [0.717, 1.165) is 11.1 Å². The van der Waals surface area contributed by atoms with Gasteiger partial charge in [-0.15, -0.1) is 0 Å². The van der Waals surface area contributed by atoms with Crippen LogP contribution >= 0.6 is 0 Å². The molecule has 6 heteroatoms. The second kappa shape index (κ2) is 9.15. The molecule has 0 saturated heterocycles. The number of carbonyl (C=O) groups is 1. The molecular formula is C21H28N2O3S. The first-order valence-electron chi connectivity index (χ1n) is 9.25. The second-order valence-electron chi connectivity index (χ2n) is 6.59. The van der Waals surface area contributed by atoms with Gasteiger partial charge in [0.1, 0.15) is 0 Å². The molecule has 5 nitrogen and oxygen atoms in total. The molecule has 0 aliphatic carbocycles. The Labute approximate surface area is 162 Å². The second-order valence-corrected chi connectivity index (χ2v) is 8.53. The zero-order valence-electron chi connectivity index (χ0n) is 16.4. The molecular weight excluding hydrogens is 360 g/mol. The third-order valence-electron chi connectivity index (χ3n) is 4.73. The first kappa shape index (κ1) is 21.1. The Kier molecular flexibility index (Phi) is 7.16. The van der Waals surface area contributed by atoms with Crippen molar-refractivity contribution in [2.24, 2.45) is 0 Å². The highest BCUT2D eigenvalue weighted by Crippen LogP contribution is 2.20. The van der Waals surface area contributed by atoms with Crippen LogP contribution in [0.1, 0.15) is 48.2 Å². The summed E-state index contributed by atoms with van der Waals surface area (Å²) in [7, 11) is -3.59. The number of rotatable bonds is 8. The molecule has 2 aromatic carbocycles. The SMILES string of the molecule is CCN(CC)S(=O)(=O)c1ccc(C)c(C(=O)NC[C@H](C)c2ccccc2)c1. The minimum Gasteiger partial charge on any atom is -0.351 e. The van der Waals surface area contributed by atoms with Gasteiger partial charge in [0.05, 0.1) is 4.90 Å². The highest BCUT2D eigenvalue weighted by atomic mass is 32.2. The van der Waals surface area contributed by atoms with Crippen molar-refractivity contribution in [1.29, 1.82) is 0 Å². The van der Waals surface area contributed by atoms with Crippen molar-refractivity contribution < 1.29 is 13.2 Å². The van der Waals surface area contributed by atoms with E-state index in [9.17, 15) is 13.2 Å². The van der Waals surface area contributed by atoms with Gasteiger partial charge in [0.25, 0.3) is 5.91 Å². The van der Waals surface area contributed by atoms with Gasteiger partial charge in [-0.05, 0) is 36.1 Å². The molecule has 1 N–H and O–H groups in total. The largest absolute Gasteiger partial charge is 0.351 e. The molecule has 0 spiro atoms. The van der Waals surface area contributed by atoms with Crippen LogP contribution in [-0.4, -0.2) is 38.3 Å². The number of sulfonamides is 1. The van der Waals surface area contributed by atoms with Gasteiger partial charge in [-0.25, -0.2) is 8.42 Å². The Bertz CT molecular complexity index is 876. The highest BCUT2D eigenvalue weighted by molar-refractivity contribution is 7.89. The minimum atomic E-state index is -3.59. The van der Waals surface area contributed by atoms with E-state index in [4.69, 9.17) is 0 Å². The lowest BCUT2D eigenvalue weighted by molar-refractivity contribution is 0.0951. The minimum absolute atomic E-state index is 0.151. The summed E-state index contributed by atoms with van der Waals surface area (Å²) in [6.07, 6.45) is 0. The van der Waals surface area contributed by atoms with Gasteiger partial charge < -0.3 is 5.32 Å². The van der Waals surface area contributed by atoms with Crippen LogP contribution in [0, 0.1) is 6.92 Å². The zero-order chi connectivity index (χ0) is 20.0. The summed E-state index contributed by atoms with van der Waals surface area (Å²) in [5, 5.41) is 2.93. The Balaban J connectivity index is 2.19. The number of amides is 1. The molecule has 0 aliphatic heterocycles. The van der Waals surface area contributed by atoms with Gasteiger partial charge >= 0.3 is 0 Å². The topological polar surface area (TPSA) is 66.5 Å². The summed E-state index contributed by atoms with van der Waals surface area (Å²) in [5.74, 6) is -0.0927. The van der Waals surface area contributed by atoms with E-state index in [0.29, 0.717) is 25.2 Å². The predicted molar refractivity (Wildman–Crippen MR) is 108 cm³/mol. The molecule has 146 valence electrons. The lowest BCUT2D eigenvalue weighted by Gasteiger charge is -2.19. The summed E-state index contributed by atoms with van der Waals surface area (Å²) in [6.45, 7) is 8.72. The zero-order valence-corrected chi connectivity index (χ0v) is 17.2. The van der Waals surface area contributed by atoms with Crippen LogP contribution in [0.25, 0.3) is 0 Å². The molecule has 0 saturated carbocycles. The van der Waals surface area contributed by atoms with Gasteiger partial charge in [0, 0.05) is 25.2 Å². The summed E-state index contributed by atoms with van der Waals surface area (Å²) >= 11 is 0. The standard InChI is InChI=1S/C21H28N2O3S/c1-5-23(6-2)27(25,26)19-13-12-16(3)20(14-19)21(24)22-15-17(4)18-10-8-7-9-11-18/h7-14,17H,5-6,15H2,1-4H3,(H,22,24)/t17-/m0/s1. The van der Waals surface area contributed by atoms with Gasteiger partial charge in [-0.2, -0.15) is 4.31 Å². The fraction of sp³-hybridized carbons (Fsp3) is 0.381. The Morgan fingerprint density at radius 1 is 1.07 bits per heavy atom. The summed E-state index contributed by atoms with van der Waals surface area (Å²) in [5.41, 5.74) is 2.29. The van der Waals surface area contributed by atoms with Gasteiger partial charge in [-0.3, -0.25) is 4.79 Å². The Morgan fingerprint density at radius 3 is 2.30 bits per heavy atom. The van der Waals surface area contributed by atoms with Crippen molar-refractivity contribution in [2.45, 2.75) is 38.5 Å². The fourth-order valence-electron chi connectivity index (χ4n) is 2.96. The third kappa shape index (κ3) is 4.96. The quantitative estimate of drug-likeness (QED) is 0.752. The average molecular weight is 389 g/mol. The molecule has 2 rings (SSSR count). The predicted octanol–water partition coefficient (Wildman–Crippen LogP) is 3.56. The fourth-order valence-corrected chi connectivity index (χ4v) is 4.44. The van der Waals surface area contributed by atoms with Crippen LogP contribution < -0.4 is 5.32 Å². The van der Waals surface area contributed by atoms with Gasteiger partial charge in [0.15, 0.2) is 0 Å². The van der Waals surface area contributed by atoms with Crippen LogP contribution in [0.15, 0.2) is 53.4 Å².